The molecular weight excluding hydrogens is 349 g/mol. The lowest BCUT2D eigenvalue weighted by molar-refractivity contribution is 0.211. The molecule has 0 saturated carbocycles. The summed E-state index contributed by atoms with van der Waals surface area (Å²) < 4.78 is 21.0. The summed E-state index contributed by atoms with van der Waals surface area (Å²) in [5, 5.41) is 9.36. The van der Waals surface area contributed by atoms with Crippen molar-refractivity contribution in [1.82, 2.24) is 14.8 Å². The van der Waals surface area contributed by atoms with Crippen molar-refractivity contribution in [3.8, 4) is 5.75 Å². The Morgan fingerprint density at radius 1 is 1.08 bits per heavy atom. The second kappa shape index (κ2) is 7.91. The molecule has 1 heterocycles. The average Bonchev–Trinajstić information content (AvgIpc) is 2.94. The second-order valence-electron chi connectivity index (χ2n) is 6.40. The fourth-order valence-corrected chi connectivity index (χ4v) is 3.67. The number of benzene rings is 2. The SMILES string of the molecule is Cc1cc(C)cc(OC(C)c2nnc(SCc3ccc(F)cc3)n2C)c1. The zero-order valence-corrected chi connectivity index (χ0v) is 16.2. The van der Waals surface area contributed by atoms with Crippen molar-refractivity contribution in [2.24, 2.45) is 7.05 Å². The predicted octanol–water partition coefficient (Wildman–Crippen LogP) is 5.00. The molecule has 0 radical (unpaired) electrons. The molecule has 4 nitrogen and oxygen atoms in total. The van der Waals surface area contributed by atoms with Gasteiger partial charge in [0.25, 0.3) is 0 Å². The van der Waals surface area contributed by atoms with Crippen molar-refractivity contribution in [1.29, 1.82) is 0 Å². The summed E-state index contributed by atoms with van der Waals surface area (Å²) in [6.45, 7) is 6.07. The van der Waals surface area contributed by atoms with Crippen LogP contribution in [0.1, 0.15) is 35.5 Å². The van der Waals surface area contributed by atoms with E-state index in [9.17, 15) is 4.39 Å². The van der Waals surface area contributed by atoms with Crippen LogP contribution in [0.4, 0.5) is 4.39 Å². The first-order chi connectivity index (χ1) is 12.4. The summed E-state index contributed by atoms with van der Waals surface area (Å²) in [5.41, 5.74) is 3.38. The highest BCUT2D eigenvalue weighted by molar-refractivity contribution is 7.98. The number of hydrogen-bond acceptors (Lipinski definition) is 4. The van der Waals surface area contributed by atoms with Crippen LogP contribution in [-0.2, 0) is 12.8 Å². The minimum atomic E-state index is -0.225. The molecule has 0 N–H and O–H groups in total. The Morgan fingerprint density at radius 2 is 1.73 bits per heavy atom. The molecule has 136 valence electrons. The van der Waals surface area contributed by atoms with Gasteiger partial charge in [-0.15, -0.1) is 10.2 Å². The van der Waals surface area contributed by atoms with Crippen LogP contribution in [0.25, 0.3) is 0 Å². The lowest BCUT2D eigenvalue weighted by atomic mass is 10.1. The highest BCUT2D eigenvalue weighted by Crippen LogP contribution is 2.26. The van der Waals surface area contributed by atoms with Gasteiger partial charge in [-0.2, -0.15) is 0 Å². The molecule has 1 atom stereocenters. The number of rotatable bonds is 6. The number of thioether (sulfide) groups is 1. The summed E-state index contributed by atoms with van der Waals surface area (Å²) >= 11 is 1.57. The van der Waals surface area contributed by atoms with Gasteiger partial charge in [0.15, 0.2) is 17.1 Å². The Balaban J connectivity index is 1.68. The molecule has 1 unspecified atom stereocenters. The number of aromatic nitrogens is 3. The largest absolute Gasteiger partial charge is 0.483 e. The normalized spacial score (nSPS) is 12.2. The van der Waals surface area contributed by atoms with E-state index in [0.717, 1.165) is 22.3 Å². The summed E-state index contributed by atoms with van der Waals surface area (Å²) in [5.74, 6) is 2.08. The quantitative estimate of drug-likeness (QED) is 0.572. The van der Waals surface area contributed by atoms with E-state index in [2.05, 4.69) is 30.1 Å². The number of ether oxygens (including phenoxy) is 1. The van der Waals surface area contributed by atoms with Gasteiger partial charge in [0.2, 0.25) is 0 Å². The lowest BCUT2D eigenvalue weighted by Crippen LogP contribution is -2.10. The maximum atomic E-state index is 13.0. The van der Waals surface area contributed by atoms with Gasteiger partial charge in [-0.05, 0) is 61.7 Å². The molecule has 2 aromatic carbocycles. The van der Waals surface area contributed by atoms with E-state index in [-0.39, 0.29) is 11.9 Å². The van der Waals surface area contributed by atoms with Crippen LogP contribution < -0.4 is 4.74 Å². The fourth-order valence-electron chi connectivity index (χ4n) is 2.79. The van der Waals surface area contributed by atoms with Gasteiger partial charge in [-0.1, -0.05) is 30.0 Å². The minimum absolute atomic E-state index is 0.214. The summed E-state index contributed by atoms with van der Waals surface area (Å²) in [4.78, 5) is 0. The van der Waals surface area contributed by atoms with E-state index in [4.69, 9.17) is 4.74 Å². The number of nitrogens with zero attached hydrogens (tertiary/aromatic N) is 3. The molecule has 1 aromatic heterocycles. The zero-order valence-electron chi connectivity index (χ0n) is 15.4. The van der Waals surface area contributed by atoms with Crippen LogP contribution in [0.15, 0.2) is 47.6 Å². The standard InChI is InChI=1S/C20H22FN3OS/c1-13-9-14(2)11-18(10-13)25-15(3)19-22-23-20(24(19)4)26-12-16-5-7-17(21)8-6-16/h5-11,15H,12H2,1-4H3. The van der Waals surface area contributed by atoms with E-state index in [1.807, 2.05) is 30.7 Å². The third kappa shape index (κ3) is 4.43. The van der Waals surface area contributed by atoms with E-state index in [0.29, 0.717) is 5.75 Å². The van der Waals surface area contributed by atoms with Crippen molar-refractivity contribution in [2.45, 2.75) is 37.8 Å². The van der Waals surface area contributed by atoms with E-state index in [1.54, 1.807) is 23.9 Å². The number of aryl methyl sites for hydroxylation is 2. The average molecular weight is 371 g/mol. The molecular formula is C20H22FN3OS. The van der Waals surface area contributed by atoms with Gasteiger partial charge >= 0.3 is 0 Å². The lowest BCUT2D eigenvalue weighted by Gasteiger charge is -2.15. The number of halogens is 1. The fraction of sp³-hybridized carbons (Fsp3) is 0.300. The number of hydrogen-bond donors (Lipinski definition) is 0. The molecule has 3 aromatic rings. The smallest absolute Gasteiger partial charge is 0.191 e. The monoisotopic (exact) mass is 371 g/mol. The molecule has 0 saturated heterocycles. The Hall–Kier alpha value is -2.34. The maximum absolute atomic E-state index is 13.0. The second-order valence-corrected chi connectivity index (χ2v) is 7.34. The van der Waals surface area contributed by atoms with Crippen molar-refractivity contribution < 1.29 is 9.13 Å². The molecule has 0 amide bonds. The molecule has 6 heteroatoms. The van der Waals surface area contributed by atoms with Gasteiger partial charge < -0.3 is 9.30 Å². The van der Waals surface area contributed by atoms with Gasteiger partial charge in [0, 0.05) is 12.8 Å². The van der Waals surface area contributed by atoms with Gasteiger partial charge in [-0.25, -0.2) is 4.39 Å². The summed E-state index contributed by atoms with van der Waals surface area (Å²) in [6.07, 6.45) is -0.214. The van der Waals surface area contributed by atoms with Crippen molar-refractivity contribution in [3.05, 3.63) is 70.8 Å². The highest BCUT2D eigenvalue weighted by Gasteiger charge is 2.17. The molecule has 0 bridgehead atoms. The van der Waals surface area contributed by atoms with Gasteiger partial charge in [0.1, 0.15) is 11.6 Å². The van der Waals surface area contributed by atoms with Crippen LogP contribution in [0.2, 0.25) is 0 Å². The zero-order chi connectivity index (χ0) is 18.7. The van der Waals surface area contributed by atoms with Gasteiger partial charge in [0.05, 0.1) is 0 Å². The molecule has 0 aliphatic heterocycles. The highest BCUT2D eigenvalue weighted by atomic mass is 32.2. The molecule has 26 heavy (non-hydrogen) atoms. The maximum Gasteiger partial charge on any atom is 0.191 e. The van der Waals surface area contributed by atoms with Crippen molar-refractivity contribution >= 4 is 11.8 Å². The van der Waals surface area contributed by atoms with Crippen LogP contribution in [0, 0.1) is 19.7 Å². The Bertz CT molecular complexity index is 872. The topological polar surface area (TPSA) is 39.9 Å². The van der Waals surface area contributed by atoms with Crippen LogP contribution in [-0.4, -0.2) is 14.8 Å². The predicted molar refractivity (Wildman–Crippen MR) is 102 cm³/mol. The third-order valence-electron chi connectivity index (χ3n) is 4.02. The summed E-state index contributed by atoms with van der Waals surface area (Å²) in [6, 6.07) is 12.7. The van der Waals surface area contributed by atoms with Crippen molar-refractivity contribution in [2.75, 3.05) is 0 Å². The first-order valence-corrected chi connectivity index (χ1v) is 9.42. The third-order valence-corrected chi connectivity index (χ3v) is 5.11. The Labute approximate surface area is 157 Å². The molecule has 0 fully saturated rings. The van der Waals surface area contributed by atoms with E-state index < -0.39 is 0 Å². The Morgan fingerprint density at radius 3 is 2.38 bits per heavy atom. The molecule has 0 spiro atoms. The van der Waals surface area contributed by atoms with E-state index >= 15 is 0 Å². The Kier molecular flexibility index (Phi) is 5.61. The molecule has 3 rings (SSSR count). The first-order valence-electron chi connectivity index (χ1n) is 8.44. The van der Waals surface area contributed by atoms with Crippen molar-refractivity contribution in [3.63, 3.8) is 0 Å². The van der Waals surface area contributed by atoms with Crippen LogP contribution >= 0.6 is 11.8 Å². The van der Waals surface area contributed by atoms with Crippen LogP contribution in [0.5, 0.6) is 5.75 Å². The van der Waals surface area contributed by atoms with Crippen LogP contribution in [0.3, 0.4) is 0 Å². The molecule has 0 aliphatic rings. The van der Waals surface area contributed by atoms with E-state index in [1.165, 1.54) is 23.3 Å². The molecule has 0 aliphatic carbocycles. The van der Waals surface area contributed by atoms with Gasteiger partial charge in [-0.3, -0.25) is 0 Å². The first kappa shape index (κ1) is 18.5. The summed E-state index contributed by atoms with van der Waals surface area (Å²) in [7, 11) is 1.93. The minimum Gasteiger partial charge on any atom is -0.483 e.